The van der Waals surface area contributed by atoms with Crippen LogP contribution in [0.25, 0.3) is 10.9 Å². The van der Waals surface area contributed by atoms with Gasteiger partial charge in [0, 0.05) is 18.1 Å². The fourth-order valence-electron chi connectivity index (χ4n) is 2.87. The molecule has 0 bridgehead atoms. The summed E-state index contributed by atoms with van der Waals surface area (Å²) in [7, 11) is 3.07. The van der Waals surface area contributed by atoms with Crippen LogP contribution in [0.2, 0.25) is 0 Å². The second-order valence-electron chi connectivity index (χ2n) is 6.85. The molecule has 150 valence electrons. The molecule has 1 heterocycles. The van der Waals surface area contributed by atoms with Gasteiger partial charge in [-0.05, 0) is 30.3 Å². The monoisotopic (exact) mass is 394 g/mol. The average Bonchev–Trinajstić information content (AvgIpc) is 2.71. The summed E-state index contributed by atoms with van der Waals surface area (Å²) >= 11 is 0. The number of benzene rings is 2. The zero-order chi connectivity index (χ0) is 21.1. The molecule has 0 aliphatic rings. The Morgan fingerprint density at radius 3 is 2.38 bits per heavy atom. The highest BCUT2D eigenvalue weighted by atomic mass is 16.5. The van der Waals surface area contributed by atoms with Gasteiger partial charge in [0.05, 0.1) is 18.5 Å². The van der Waals surface area contributed by atoms with E-state index in [0.29, 0.717) is 22.3 Å². The number of aryl methyl sites for hydroxylation is 1. The lowest BCUT2D eigenvalue weighted by atomic mass is 10.1. The molecule has 0 fully saturated rings. The number of rotatable bonds is 5. The van der Waals surface area contributed by atoms with E-state index in [1.807, 2.05) is 6.07 Å². The van der Waals surface area contributed by atoms with E-state index in [1.54, 1.807) is 63.4 Å². The van der Waals surface area contributed by atoms with Crippen molar-refractivity contribution in [3.8, 4) is 11.5 Å². The summed E-state index contributed by atoms with van der Waals surface area (Å²) in [6.07, 6.45) is 0. The Morgan fingerprint density at radius 1 is 1.07 bits per heavy atom. The molecular formula is C22H22N2O5. The zero-order valence-corrected chi connectivity index (χ0v) is 16.7. The van der Waals surface area contributed by atoms with Crippen LogP contribution in [0.15, 0.2) is 53.3 Å². The van der Waals surface area contributed by atoms with Crippen molar-refractivity contribution in [1.29, 1.82) is 0 Å². The molecule has 3 rings (SSSR count). The Morgan fingerprint density at radius 2 is 1.76 bits per heavy atom. The molecule has 1 aromatic heterocycles. The number of carbonyl (C=O) groups excluding carboxylic acids is 2. The number of nitrogens with zero attached hydrogens (tertiary/aromatic N) is 1. The summed E-state index contributed by atoms with van der Waals surface area (Å²) in [6.45, 7) is 3.35. The number of hydrogen-bond donors (Lipinski definition) is 1. The second-order valence-corrected chi connectivity index (χ2v) is 6.85. The van der Waals surface area contributed by atoms with Gasteiger partial charge in [0.1, 0.15) is 11.3 Å². The second kappa shape index (κ2) is 8.18. The number of carbonyl (C=O) groups is 2. The minimum Gasteiger partial charge on any atom is -0.497 e. The lowest BCUT2D eigenvalue weighted by molar-refractivity contribution is -0.137. The molecule has 29 heavy (non-hydrogen) atoms. The third kappa shape index (κ3) is 3.99. The number of ether oxygens (including phenoxy) is 2. The van der Waals surface area contributed by atoms with Crippen LogP contribution < -0.4 is 20.3 Å². The Labute approximate surface area is 167 Å². The first-order chi connectivity index (χ1) is 13.8. The van der Waals surface area contributed by atoms with Crippen LogP contribution in [0.1, 0.15) is 24.2 Å². The number of hydrogen-bond acceptors (Lipinski definition) is 5. The number of para-hydroxylation sites is 1. The molecule has 3 aromatic rings. The first-order valence-corrected chi connectivity index (χ1v) is 9.12. The third-order valence-corrected chi connectivity index (χ3v) is 4.49. The molecule has 0 aliphatic heterocycles. The number of pyridine rings is 1. The molecule has 7 nitrogen and oxygen atoms in total. The van der Waals surface area contributed by atoms with Crippen molar-refractivity contribution in [3.63, 3.8) is 0 Å². The number of methoxy groups -OCH3 is 1. The zero-order valence-electron chi connectivity index (χ0n) is 16.7. The maximum Gasteiger partial charge on any atom is 0.313 e. The van der Waals surface area contributed by atoms with Crippen molar-refractivity contribution in [3.05, 3.63) is 64.4 Å². The summed E-state index contributed by atoms with van der Waals surface area (Å²) in [5, 5.41) is 3.12. The van der Waals surface area contributed by atoms with E-state index in [1.165, 1.54) is 11.7 Å². The van der Waals surface area contributed by atoms with Crippen LogP contribution >= 0.6 is 0 Å². The van der Waals surface area contributed by atoms with Crippen LogP contribution in [0.5, 0.6) is 11.5 Å². The SMILES string of the molecule is COc1ccc2c(c1)c(OC(=O)C(C)C)c(C(=O)Nc1ccccc1)c(=O)n2C. The standard InChI is InChI=1S/C22H22N2O5/c1-13(2)22(27)29-19-16-12-15(28-4)10-11-17(16)24(3)21(26)18(19)20(25)23-14-8-6-5-7-9-14/h5-13H,1-4H3,(H,23,25). The van der Waals surface area contributed by atoms with Crippen LogP contribution in [-0.2, 0) is 11.8 Å². The maximum absolute atomic E-state index is 13.0. The molecule has 0 saturated heterocycles. The van der Waals surface area contributed by atoms with Gasteiger partial charge in [-0.25, -0.2) is 0 Å². The smallest absolute Gasteiger partial charge is 0.313 e. The van der Waals surface area contributed by atoms with Gasteiger partial charge in [-0.1, -0.05) is 32.0 Å². The number of esters is 1. The highest BCUT2D eigenvalue weighted by molar-refractivity contribution is 6.10. The highest BCUT2D eigenvalue weighted by Gasteiger charge is 2.26. The fraction of sp³-hybridized carbons (Fsp3) is 0.227. The molecule has 0 spiro atoms. The minimum atomic E-state index is -0.659. The Balaban J connectivity index is 2.25. The van der Waals surface area contributed by atoms with Crippen molar-refractivity contribution >= 4 is 28.5 Å². The number of aromatic nitrogens is 1. The van der Waals surface area contributed by atoms with Crippen LogP contribution in [0, 0.1) is 5.92 Å². The van der Waals surface area contributed by atoms with E-state index in [0.717, 1.165) is 0 Å². The number of fused-ring (bicyclic) bond motifs is 1. The molecule has 0 saturated carbocycles. The molecule has 1 amide bonds. The van der Waals surface area contributed by atoms with Crippen molar-refractivity contribution in [2.24, 2.45) is 13.0 Å². The van der Waals surface area contributed by atoms with Crippen LogP contribution in [-0.4, -0.2) is 23.6 Å². The van der Waals surface area contributed by atoms with Crippen molar-refractivity contribution in [2.45, 2.75) is 13.8 Å². The molecule has 1 N–H and O–H groups in total. The average molecular weight is 394 g/mol. The minimum absolute atomic E-state index is 0.0749. The van der Waals surface area contributed by atoms with Gasteiger partial charge in [0.25, 0.3) is 11.5 Å². The molecule has 0 radical (unpaired) electrons. The molecule has 0 aliphatic carbocycles. The van der Waals surface area contributed by atoms with E-state index in [4.69, 9.17) is 9.47 Å². The van der Waals surface area contributed by atoms with Gasteiger partial charge in [-0.15, -0.1) is 0 Å². The number of nitrogens with one attached hydrogen (secondary N) is 1. The quantitative estimate of drug-likeness (QED) is 0.671. The van der Waals surface area contributed by atoms with Crippen molar-refractivity contribution in [2.75, 3.05) is 12.4 Å². The largest absolute Gasteiger partial charge is 0.497 e. The third-order valence-electron chi connectivity index (χ3n) is 4.49. The summed E-state index contributed by atoms with van der Waals surface area (Å²) in [5.74, 6) is -1.21. The Bertz CT molecular complexity index is 1130. The Hall–Kier alpha value is -3.61. The lowest BCUT2D eigenvalue weighted by Gasteiger charge is -2.17. The topological polar surface area (TPSA) is 86.6 Å². The van der Waals surface area contributed by atoms with Crippen molar-refractivity contribution < 1.29 is 19.1 Å². The highest BCUT2D eigenvalue weighted by Crippen LogP contribution is 2.31. The maximum atomic E-state index is 13.0. The van der Waals surface area contributed by atoms with Crippen LogP contribution in [0.4, 0.5) is 5.69 Å². The molecule has 7 heteroatoms. The summed E-state index contributed by atoms with van der Waals surface area (Å²) in [6, 6.07) is 13.8. The van der Waals surface area contributed by atoms with Gasteiger partial charge in [-0.2, -0.15) is 0 Å². The summed E-state index contributed by atoms with van der Waals surface area (Å²) < 4.78 is 12.2. The Kier molecular flexibility index (Phi) is 5.68. The first-order valence-electron chi connectivity index (χ1n) is 9.12. The predicted molar refractivity (Wildman–Crippen MR) is 111 cm³/mol. The van der Waals surface area contributed by atoms with E-state index in [-0.39, 0.29) is 11.3 Å². The molecule has 0 unspecified atom stereocenters. The van der Waals surface area contributed by atoms with E-state index >= 15 is 0 Å². The van der Waals surface area contributed by atoms with Gasteiger partial charge in [0.15, 0.2) is 5.75 Å². The predicted octanol–water partition coefficient (Wildman–Crippen LogP) is 3.36. The van der Waals surface area contributed by atoms with Gasteiger partial charge in [-0.3, -0.25) is 14.4 Å². The normalized spacial score (nSPS) is 10.8. The molecular weight excluding hydrogens is 372 g/mol. The van der Waals surface area contributed by atoms with Crippen molar-refractivity contribution in [1.82, 2.24) is 4.57 Å². The number of anilines is 1. The lowest BCUT2D eigenvalue weighted by Crippen LogP contribution is -2.30. The van der Waals surface area contributed by atoms with Gasteiger partial charge in [0.2, 0.25) is 0 Å². The fourth-order valence-corrected chi connectivity index (χ4v) is 2.87. The summed E-state index contributed by atoms with van der Waals surface area (Å²) in [5.41, 5.74) is 0.221. The van der Waals surface area contributed by atoms with E-state index in [9.17, 15) is 14.4 Å². The first kappa shape index (κ1) is 20.1. The molecule has 2 aromatic carbocycles. The van der Waals surface area contributed by atoms with E-state index < -0.39 is 23.4 Å². The molecule has 0 atom stereocenters. The van der Waals surface area contributed by atoms with Crippen LogP contribution in [0.3, 0.4) is 0 Å². The number of amides is 1. The summed E-state index contributed by atoms with van der Waals surface area (Å²) in [4.78, 5) is 38.4. The van der Waals surface area contributed by atoms with Gasteiger partial charge < -0.3 is 19.4 Å². The van der Waals surface area contributed by atoms with E-state index in [2.05, 4.69) is 5.32 Å². The van der Waals surface area contributed by atoms with Gasteiger partial charge >= 0.3 is 5.97 Å².